The van der Waals surface area contributed by atoms with Crippen molar-refractivity contribution in [1.29, 1.82) is 0 Å². The molecule has 0 spiro atoms. The van der Waals surface area contributed by atoms with Gasteiger partial charge in [-0.1, -0.05) is 24.3 Å². The number of hydrogen-bond donors (Lipinski definition) is 4. The standard InChI is InChI=1S/C32H26N10/c33-25-5-1-3-23-29(17-15-27(35)31(23)25)41-39-21-11-7-19(8-12-21)37-38-20-9-13-22(14-10-20)40-42-30-18-16-28(36)32-24(30)4-2-6-26(32)34/h1-18H,33-36H2/b38-37+,41-39+,42-40+. The molecule has 0 aliphatic heterocycles. The Kier molecular flexibility index (Phi) is 6.92. The summed E-state index contributed by atoms with van der Waals surface area (Å²) in [6, 6.07) is 33.0. The SMILES string of the molecule is Nc1cccc2c(/N=N/c3ccc(/N=N/c4ccc(/N=N/c5ccc(N)c6c(N)cccc56)cc4)cc3)ccc(N)c12. The van der Waals surface area contributed by atoms with Crippen molar-refractivity contribution in [1.82, 2.24) is 0 Å². The van der Waals surface area contributed by atoms with E-state index < -0.39 is 0 Å². The lowest BCUT2D eigenvalue weighted by molar-refractivity contribution is 1.21. The first-order valence-electron chi connectivity index (χ1n) is 13.0. The Morgan fingerprint density at radius 2 is 0.619 bits per heavy atom. The zero-order chi connectivity index (χ0) is 29.1. The zero-order valence-electron chi connectivity index (χ0n) is 22.4. The van der Waals surface area contributed by atoms with Gasteiger partial charge in [0.1, 0.15) is 0 Å². The fourth-order valence-corrected chi connectivity index (χ4v) is 4.58. The third kappa shape index (κ3) is 5.32. The monoisotopic (exact) mass is 550 g/mol. The second-order valence-corrected chi connectivity index (χ2v) is 9.52. The molecule has 0 fully saturated rings. The minimum Gasteiger partial charge on any atom is -0.398 e. The number of benzene rings is 6. The fraction of sp³-hybridized carbons (Fsp3) is 0. The summed E-state index contributed by atoms with van der Waals surface area (Å²) >= 11 is 0. The number of fused-ring (bicyclic) bond motifs is 2. The number of rotatable bonds is 6. The molecular formula is C32H26N10. The highest BCUT2D eigenvalue weighted by Gasteiger charge is 2.08. The molecule has 8 N–H and O–H groups in total. The Balaban J connectivity index is 1.13. The molecule has 0 unspecified atom stereocenters. The number of nitrogen functional groups attached to an aromatic ring is 4. The first kappa shape index (κ1) is 26.1. The van der Waals surface area contributed by atoms with Gasteiger partial charge in [0, 0.05) is 44.3 Å². The fourth-order valence-electron chi connectivity index (χ4n) is 4.58. The molecule has 10 nitrogen and oxygen atoms in total. The van der Waals surface area contributed by atoms with Gasteiger partial charge in [0.25, 0.3) is 0 Å². The first-order valence-corrected chi connectivity index (χ1v) is 13.0. The van der Waals surface area contributed by atoms with E-state index >= 15 is 0 Å². The van der Waals surface area contributed by atoms with Gasteiger partial charge in [0.05, 0.1) is 34.1 Å². The zero-order valence-corrected chi connectivity index (χ0v) is 22.4. The Morgan fingerprint density at radius 1 is 0.310 bits per heavy atom. The van der Waals surface area contributed by atoms with Crippen molar-refractivity contribution in [3.05, 3.63) is 109 Å². The van der Waals surface area contributed by atoms with Crippen LogP contribution in [0.3, 0.4) is 0 Å². The predicted octanol–water partition coefficient (Wildman–Crippen LogP) is 9.57. The van der Waals surface area contributed by atoms with Crippen LogP contribution in [-0.2, 0) is 0 Å². The summed E-state index contributed by atoms with van der Waals surface area (Å²) in [7, 11) is 0. The van der Waals surface area contributed by atoms with E-state index in [1.807, 2.05) is 97.1 Å². The third-order valence-electron chi connectivity index (χ3n) is 6.69. The topological polar surface area (TPSA) is 178 Å². The number of hydrogen-bond acceptors (Lipinski definition) is 10. The molecule has 0 aromatic heterocycles. The lowest BCUT2D eigenvalue weighted by atomic mass is 10.1. The second kappa shape index (κ2) is 11.1. The molecule has 6 rings (SSSR count). The van der Waals surface area contributed by atoms with E-state index in [0.29, 0.717) is 56.9 Å². The largest absolute Gasteiger partial charge is 0.398 e. The maximum Gasteiger partial charge on any atom is 0.0937 e. The molecule has 0 aliphatic rings. The van der Waals surface area contributed by atoms with Gasteiger partial charge < -0.3 is 22.9 Å². The summed E-state index contributed by atoms with van der Waals surface area (Å²) in [5, 5.41) is 29.4. The maximum absolute atomic E-state index is 6.10. The molecule has 6 aromatic rings. The summed E-state index contributed by atoms with van der Waals surface area (Å²) in [4.78, 5) is 0. The minimum atomic E-state index is 0.605. The van der Waals surface area contributed by atoms with Crippen LogP contribution in [0.25, 0.3) is 21.5 Å². The van der Waals surface area contributed by atoms with Gasteiger partial charge in [0.15, 0.2) is 0 Å². The molecule has 0 saturated carbocycles. The number of nitrogens with two attached hydrogens (primary N) is 4. The highest BCUT2D eigenvalue weighted by atomic mass is 15.1. The van der Waals surface area contributed by atoms with E-state index in [1.165, 1.54) is 0 Å². The van der Waals surface area contributed by atoms with E-state index in [0.717, 1.165) is 21.5 Å². The Bertz CT molecular complexity index is 1850. The molecule has 6 aromatic carbocycles. The van der Waals surface area contributed by atoms with Gasteiger partial charge in [-0.2, -0.15) is 20.5 Å². The summed E-state index contributed by atoms with van der Waals surface area (Å²) in [5.74, 6) is 0. The summed E-state index contributed by atoms with van der Waals surface area (Å²) in [6.07, 6.45) is 0. The Morgan fingerprint density at radius 3 is 0.976 bits per heavy atom. The number of azo groups is 3. The van der Waals surface area contributed by atoms with Gasteiger partial charge in [-0.3, -0.25) is 0 Å². The average molecular weight is 551 g/mol. The van der Waals surface area contributed by atoms with Crippen molar-refractivity contribution in [2.75, 3.05) is 22.9 Å². The van der Waals surface area contributed by atoms with Crippen LogP contribution in [0.5, 0.6) is 0 Å². The summed E-state index contributed by atoms with van der Waals surface area (Å²) < 4.78 is 0. The lowest BCUT2D eigenvalue weighted by Gasteiger charge is -2.07. The van der Waals surface area contributed by atoms with E-state index in [-0.39, 0.29) is 0 Å². The van der Waals surface area contributed by atoms with Crippen LogP contribution in [0.15, 0.2) is 140 Å². The van der Waals surface area contributed by atoms with E-state index in [2.05, 4.69) is 30.7 Å². The second-order valence-electron chi connectivity index (χ2n) is 9.52. The van der Waals surface area contributed by atoms with Crippen molar-refractivity contribution in [2.45, 2.75) is 0 Å². The summed E-state index contributed by atoms with van der Waals surface area (Å²) in [6.45, 7) is 0. The van der Waals surface area contributed by atoms with Crippen LogP contribution in [0, 0.1) is 0 Å². The lowest BCUT2D eigenvalue weighted by Crippen LogP contribution is -1.92. The van der Waals surface area contributed by atoms with Crippen LogP contribution in [-0.4, -0.2) is 0 Å². The van der Waals surface area contributed by atoms with Crippen LogP contribution in [0.4, 0.5) is 56.9 Å². The molecule has 0 atom stereocenters. The van der Waals surface area contributed by atoms with Gasteiger partial charge >= 0.3 is 0 Å². The molecule has 0 bridgehead atoms. The third-order valence-corrected chi connectivity index (χ3v) is 6.69. The Labute approximate surface area is 241 Å². The van der Waals surface area contributed by atoms with Gasteiger partial charge in [-0.05, 0) is 84.9 Å². The highest BCUT2D eigenvalue weighted by Crippen LogP contribution is 2.36. The Hall–Kier alpha value is -6.16. The van der Waals surface area contributed by atoms with Gasteiger partial charge in [-0.25, -0.2) is 0 Å². The van der Waals surface area contributed by atoms with Crippen molar-refractivity contribution in [3.8, 4) is 0 Å². The minimum absolute atomic E-state index is 0.605. The van der Waals surface area contributed by atoms with Crippen molar-refractivity contribution < 1.29 is 0 Å². The van der Waals surface area contributed by atoms with Gasteiger partial charge in [-0.15, -0.1) is 10.2 Å². The van der Waals surface area contributed by atoms with Crippen LogP contribution >= 0.6 is 0 Å². The molecule has 0 radical (unpaired) electrons. The smallest absolute Gasteiger partial charge is 0.0937 e. The first-order chi connectivity index (χ1) is 20.5. The highest BCUT2D eigenvalue weighted by molar-refractivity contribution is 6.07. The van der Waals surface area contributed by atoms with Crippen LogP contribution < -0.4 is 22.9 Å². The van der Waals surface area contributed by atoms with E-state index in [9.17, 15) is 0 Å². The van der Waals surface area contributed by atoms with Crippen molar-refractivity contribution in [3.63, 3.8) is 0 Å². The molecule has 10 heteroatoms. The van der Waals surface area contributed by atoms with Gasteiger partial charge in [0.2, 0.25) is 0 Å². The van der Waals surface area contributed by atoms with E-state index in [4.69, 9.17) is 22.9 Å². The average Bonchev–Trinajstić information content (AvgIpc) is 3.00. The molecule has 0 aliphatic carbocycles. The number of nitrogens with zero attached hydrogens (tertiary/aromatic N) is 6. The van der Waals surface area contributed by atoms with Crippen molar-refractivity contribution >= 4 is 78.4 Å². The molecule has 42 heavy (non-hydrogen) atoms. The van der Waals surface area contributed by atoms with Crippen molar-refractivity contribution in [2.24, 2.45) is 30.7 Å². The summed E-state index contributed by atoms with van der Waals surface area (Å²) in [5.41, 5.74) is 30.9. The predicted molar refractivity (Wildman–Crippen MR) is 171 cm³/mol. The van der Waals surface area contributed by atoms with Crippen LogP contribution in [0.1, 0.15) is 0 Å². The normalized spacial score (nSPS) is 11.9. The van der Waals surface area contributed by atoms with Crippen LogP contribution in [0.2, 0.25) is 0 Å². The maximum atomic E-state index is 6.10. The van der Waals surface area contributed by atoms with E-state index in [1.54, 1.807) is 12.1 Å². The number of anilines is 4. The molecule has 0 saturated heterocycles. The quantitative estimate of drug-likeness (QED) is 0.119. The molecular weight excluding hydrogens is 524 g/mol. The molecule has 0 heterocycles. The molecule has 204 valence electrons. The molecule has 0 amide bonds.